The Kier molecular flexibility index (Phi) is 4.48. The molecule has 1 aliphatic heterocycles. The van der Waals surface area contributed by atoms with Crippen molar-refractivity contribution < 1.29 is 14.8 Å². The molecule has 1 heterocycles. The minimum atomic E-state index is -0.485. The summed E-state index contributed by atoms with van der Waals surface area (Å²) >= 11 is 0. The number of benzene rings is 2. The van der Waals surface area contributed by atoms with Crippen LogP contribution in [0.15, 0.2) is 42.5 Å². The molecule has 2 amide bonds. The van der Waals surface area contributed by atoms with E-state index in [0.29, 0.717) is 24.9 Å². The molecule has 2 aliphatic rings. The Morgan fingerprint density at radius 3 is 2.70 bits per heavy atom. The first-order valence-electron chi connectivity index (χ1n) is 9.42. The quantitative estimate of drug-likeness (QED) is 0.650. The van der Waals surface area contributed by atoms with Crippen molar-refractivity contribution in [3.63, 3.8) is 0 Å². The topological polar surface area (TPSA) is 69.6 Å². The molecule has 1 unspecified atom stereocenters. The molecule has 5 heteroatoms. The summed E-state index contributed by atoms with van der Waals surface area (Å²) in [6.45, 7) is 3.49. The number of hydroxylamine groups is 1. The zero-order valence-electron chi connectivity index (χ0n) is 15.5. The van der Waals surface area contributed by atoms with Crippen molar-refractivity contribution in [1.29, 1.82) is 0 Å². The van der Waals surface area contributed by atoms with Gasteiger partial charge in [-0.2, -0.15) is 0 Å². The normalized spacial score (nSPS) is 21.4. The van der Waals surface area contributed by atoms with Crippen molar-refractivity contribution in [3.8, 4) is 0 Å². The van der Waals surface area contributed by atoms with Gasteiger partial charge in [-0.25, -0.2) is 5.48 Å². The molecule has 1 saturated heterocycles. The summed E-state index contributed by atoms with van der Waals surface area (Å²) in [7, 11) is 0. The van der Waals surface area contributed by atoms with Crippen LogP contribution in [0.5, 0.6) is 0 Å². The Hall–Kier alpha value is -2.66. The number of hydrogen-bond acceptors (Lipinski definition) is 3. The first-order valence-corrected chi connectivity index (χ1v) is 9.42. The van der Waals surface area contributed by atoms with Crippen LogP contribution in [0.3, 0.4) is 0 Å². The maximum absolute atomic E-state index is 13.2. The second-order valence-corrected chi connectivity index (χ2v) is 7.80. The van der Waals surface area contributed by atoms with Crippen LogP contribution in [-0.2, 0) is 24.2 Å². The number of hydrogen-bond donors (Lipinski definition) is 2. The summed E-state index contributed by atoms with van der Waals surface area (Å²) in [6, 6.07) is 13.9. The highest BCUT2D eigenvalue weighted by molar-refractivity contribution is 5.95. The van der Waals surface area contributed by atoms with E-state index in [2.05, 4.69) is 31.2 Å². The van der Waals surface area contributed by atoms with Crippen LogP contribution >= 0.6 is 0 Å². The monoisotopic (exact) mass is 364 g/mol. The zero-order valence-corrected chi connectivity index (χ0v) is 15.5. The molecule has 1 aliphatic carbocycles. The third-order valence-electron chi connectivity index (χ3n) is 6.10. The second-order valence-electron chi connectivity index (χ2n) is 7.80. The van der Waals surface area contributed by atoms with Gasteiger partial charge >= 0.3 is 0 Å². The average Bonchev–Trinajstić information content (AvgIpc) is 2.98. The van der Waals surface area contributed by atoms with E-state index in [-0.39, 0.29) is 11.3 Å². The van der Waals surface area contributed by atoms with Gasteiger partial charge in [0.25, 0.3) is 5.91 Å². The van der Waals surface area contributed by atoms with E-state index >= 15 is 0 Å². The lowest BCUT2D eigenvalue weighted by atomic mass is 9.69. The summed E-state index contributed by atoms with van der Waals surface area (Å²) in [4.78, 5) is 27.1. The first kappa shape index (κ1) is 17.7. The number of nitrogens with one attached hydrogen (secondary N) is 1. The number of aryl methyl sites for hydroxylation is 1. The Balaban J connectivity index is 1.55. The lowest BCUT2D eigenvalue weighted by Crippen LogP contribution is -2.39. The fraction of sp³-hybridized carbons (Fsp3) is 0.364. The molecule has 1 spiro atoms. The van der Waals surface area contributed by atoms with E-state index in [9.17, 15) is 9.59 Å². The number of rotatable bonds is 3. The molecular weight excluding hydrogens is 340 g/mol. The highest BCUT2D eigenvalue weighted by Crippen LogP contribution is 2.44. The smallest absolute Gasteiger partial charge is 0.274 e. The van der Waals surface area contributed by atoms with Gasteiger partial charge in [-0.1, -0.05) is 42.0 Å². The lowest BCUT2D eigenvalue weighted by Gasteiger charge is -2.34. The average molecular weight is 364 g/mol. The van der Waals surface area contributed by atoms with Crippen LogP contribution < -0.4 is 5.48 Å². The van der Waals surface area contributed by atoms with Crippen molar-refractivity contribution in [3.05, 3.63) is 70.3 Å². The van der Waals surface area contributed by atoms with E-state index < -0.39 is 5.91 Å². The number of fused-ring (bicyclic) bond motifs is 1. The van der Waals surface area contributed by atoms with Crippen LogP contribution in [0.1, 0.15) is 45.5 Å². The molecule has 1 fully saturated rings. The van der Waals surface area contributed by atoms with Crippen molar-refractivity contribution in [2.45, 2.75) is 39.2 Å². The third-order valence-corrected chi connectivity index (χ3v) is 6.10. The SMILES string of the molecule is Cc1ccc(CN2CCC3(CCc4c(cccc4C(=O)NO)C3)C2=O)cc1. The molecule has 0 aromatic heterocycles. The summed E-state index contributed by atoms with van der Waals surface area (Å²) in [5.41, 5.74) is 6.26. The number of carbonyl (C=O) groups is 2. The minimum Gasteiger partial charge on any atom is -0.338 e. The third kappa shape index (κ3) is 3.12. The van der Waals surface area contributed by atoms with Gasteiger partial charge < -0.3 is 4.90 Å². The van der Waals surface area contributed by atoms with Gasteiger partial charge in [-0.15, -0.1) is 0 Å². The summed E-state index contributed by atoms with van der Waals surface area (Å²) in [5, 5.41) is 8.97. The molecule has 0 bridgehead atoms. The fourth-order valence-corrected chi connectivity index (χ4v) is 4.54. The van der Waals surface area contributed by atoms with E-state index in [4.69, 9.17) is 5.21 Å². The lowest BCUT2D eigenvalue weighted by molar-refractivity contribution is -0.137. The predicted octanol–water partition coefficient (Wildman–Crippen LogP) is 3.02. The van der Waals surface area contributed by atoms with Crippen LogP contribution in [0, 0.1) is 12.3 Å². The van der Waals surface area contributed by atoms with Crippen LogP contribution in [0.25, 0.3) is 0 Å². The Morgan fingerprint density at radius 1 is 1.19 bits per heavy atom. The summed E-state index contributed by atoms with van der Waals surface area (Å²) in [5.74, 6) is -0.257. The molecule has 140 valence electrons. The van der Waals surface area contributed by atoms with Crippen molar-refractivity contribution >= 4 is 11.8 Å². The molecule has 2 N–H and O–H groups in total. The zero-order chi connectivity index (χ0) is 19.0. The van der Waals surface area contributed by atoms with Crippen LogP contribution in [0.2, 0.25) is 0 Å². The van der Waals surface area contributed by atoms with Crippen LogP contribution in [0.4, 0.5) is 0 Å². The maximum atomic E-state index is 13.2. The Morgan fingerprint density at radius 2 is 1.96 bits per heavy atom. The van der Waals surface area contributed by atoms with Crippen molar-refractivity contribution in [2.24, 2.45) is 5.41 Å². The second kappa shape index (κ2) is 6.82. The molecule has 27 heavy (non-hydrogen) atoms. The van der Waals surface area contributed by atoms with Gasteiger partial charge in [0.2, 0.25) is 5.91 Å². The summed E-state index contributed by atoms with van der Waals surface area (Å²) < 4.78 is 0. The summed E-state index contributed by atoms with van der Waals surface area (Å²) in [6.07, 6.45) is 2.95. The van der Waals surface area contributed by atoms with Gasteiger partial charge in [0.1, 0.15) is 0 Å². The molecule has 1 atom stereocenters. The molecule has 0 radical (unpaired) electrons. The van der Waals surface area contributed by atoms with E-state index in [1.807, 2.05) is 17.0 Å². The molecule has 0 saturated carbocycles. The predicted molar refractivity (Wildman–Crippen MR) is 101 cm³/mol. The molecule has 2 aromatic carbocycles. The number of carbonyl (C=O) groups excluding carboxylic acids is 2. The van der Waals surface area contributed by atoms with Gasteiger partial charge in [0.15, 0.2) is 0 Å². The van der Waals surface area contributed by atoms with Gasteiger partial charge in [0.05, 0.1) is 5.41 Å². The first-order chi connectivity index (χ1) is 13.0. The highest BCUT2D eigenvalue weighted by atomic mass is 16.5. The molecule has 4 rings (SSSR count). The fourth-order valence-electron chi connectivity index (χ4n) is 4.54. The van der Waals surface area contributed by atoms with Gasteiger partial charge in [-0.3, -0.25) is 14.8 Å². The standard InChI is InChI=1S/C22H24N2O3/c1-15-5-7-16(8-6-15)14-24-12-11-22(21(24)26)10-9-18-17(13-22)3-2-4-19(18)20(25)23-27/h2-8,27H,9-14H2,1H3,(H,23,25). The van der Waals surface area contributed by atoms with Crippen molar-refractivity contribution in [2.75, 3.05) is 6.54 Å². The number of nitrogens with zero attached hydrogens (tertiary/aromatic N) is 1. The van der Waals surface area contributed by atoms with Crippen LogP contribution in [-0.4, -0.2) is 28.5 Å². The number of amides is 2. The number of likely N-dealkylation sites (tertiary alicyclic amines) is 1. The molecule has 2 aromatic rings. The Bertz CT molecular complexity index is 891. The Labute approximate surface area is 159 Å². The van der Waals surface area contributed by atoms with E-state index in [1.54, 1.807) is 11.5 Å². The minimum absolute atomic E-state index is 0.228. The van der Waals surface area contributed by atoms with E-state index in [1.165, 1.54) is 5.56 Å². The largest absolute Gasteiger partial charge is 0.338 e. The van der Waals surface area contributed by atoms with E-state index in [0.717, 1.165) is 36.1 Å². The van der Waals surface area contributed by atoms with Gasteiger partial charge in [-0.05, 0) is 55.4 Å². The van der Waals surface area contributed by atoms with Gasteiger partial charge in [0, 0.05) is 18.7 Å². The molecule has 5 nitrogen and oxygen atoms in total. The maximum Gasteiger partial charge on any atom is 0.274 e. The molecular formula is C22H24N2O3. The van der Waals surface area contributed by atoms with Crippen molar-refractivity contribution in [1.82, 2.24) is 10.4 Å². The highest BCUT2D eigenvalue weighted by Gasteiger charge is 2.48.